The van der Waals surface area contributed by atoms with Gasteiger partial charge in [0.25, 0.3) is 0 Å². The number of halogens is 1. The number of hydrogen-bond acceptors (Lipinski definition) is 2. The van der Waals surface area contributed by atoms with Gasteiger partial charge in [0.15, 0.2) is 0 Å². The number of nitrogens with zero attached hydrogens (tertiary/aromatic N) is 2. The lowest BCUT2D eigenvalue weighted by Gasteiger charge is -2.06. The maximum absolute atomic E-state index is 6.19. The lowest BCUT2D eigenvalue weighted by molar-refractivity contribution is 0.685. The molecule has 0 saturated carbocycles. The van der Waals surface area contributed by atoms with E-state index in [1.165, 1.54) is 12.8 Å². The van der Waals surface area contributed by atoms with Gasteiger partial charge in [-0.05, 0) is 18.9 Å². The van der Waals surface area contributed by atoms with Crippen LogP contribution in [-0.2, 0) is 13.5 Å². The topological polar surface area (TPSA) is 43.8 Å². The van der Waals surface area contributed by atoms with Crippen LogP contribution in [0.2, 0.25) is 0 Å². The maximum atomic E-state index is 6.19. The van der Waals surface area contributed by atoms with Gasteiger partial charge >= 0.3 is 0 Å². The Hall–Kier alpha value is -1.29. The second-order valence-corrected chi connectivity index (χ2v) is 5.62. The van der Waals surface area contributed by atoms with Crippen LogP contribution in [0.25, 0.3) is 11.1 Å². The molecule has 0 saturated heterocycles. The van der Waals surface area contributed by atoms with E-state index in [9.17, 15) is 0 Å². The predicted molar refractivity (Wildman–Crippen MR) is 84.0 cm³/mol. The zero-order valence-corrected chi connectivity index (χ0v) is 13.1. The maximum Gasteiger partial charge on any atom is 0.129 e. The quantitative estimate of drug-likeness (QED) is 0.840. The van der Waals surface area contributed by atoms with E-state index >= 15 is 0 Å². The second-order valence-electron chi connectivity index (χ2n) is 4.77. The molecule has 0 unspecified atom stereocenters. The van der Waals surface area contributed by atoms with Gasteiger partial charge < -0.3 is 5.73 Å². The lowest BCUT2D eigenvalue weighted by Crippen LogP contribution is -1.98. The van der Waals surface area contributed by atoms with Crippen LogP contribution < -0.4 is 5.73 Å². The van der Waals surface area contributed by atoms with Crippen molar-refractivity contribution < 1.29 is 0 Å². The highest BCUT2D eigenvalue weighted by atomic mass is 79.9. The molecule has 2 aromatic rings. The molecular formula is C15H20BrN3. The van der Waals surface area contributed by atoms with Gasteiger partial charge in [0, 0.05) is 22.6 Å². The molecule has 2 N–H and O–H groups in total. The Bertz CT molecular complexity index is 561. The molecule has 19 heavy (non-hydrogen) atoms. The number of nitrogens with two attached hydrogens (primary N) is 1. The van der Waals surface area contributed by atoms with Crippen molar-refractivity contribution in [3.8, 4) is 11.1 Å². The van der Waals surface area contributed by atoms with Gasteiger partial charge in [-0.3, -0.25) is 4.68 Å². The molecule has 3 nitrogen and oxygen atoms in total. The van der Waals surface area contributed by atoms with Gasteiger partial charge in [0.2, 0.25) is 0 Å². The molecule has 0 aliphatic rings. The first-order valence-corrected chi connectivity index (χ1v) is 7.50. The molecule has 1 heterocycles. The highest BCUT2D eigenvalue weighted by Gasteiger charge is 2.17. The number of aromatic nitrogens is 2. The van der Waals surface area contributed by atoms with Crippen molar-refractivity contribution in [2.24, 2.45) is 7.05 Å². The fourth-order valence-corrected chi connectivity index (χ4v) is 2.75. The van der Waals surface area contributed by atoms with E-state index in [1.807, 2.05) is 25.2 Å². The fourth-order valence-electron chi connectivity index (χ4n) is 2.27. The third kappa shape index (κ3) is 3.00. The van der Waals surface area contributed by atoms with Crippen molar-refractivity contribution in [3.05, 3.63) is 34.4 Å². The van der Waals surface area contributed by atoms with Crippen molar-refractivity contribution in [2.45, 2.75) is 32.6 Å². The van der Waals surface area contributed by atoms with Crippen molar-refractivity contribution in [1.29, 1.82) is 0 Å². The standard InChI is InChI=1S/C15H20BrN3/c1-3-4-5-10-13-14(15(17)19(2)18-13)11-8-6-7-9-12(11)16/h6-9H,3-5,10,17H2,1-2H3. The number of aryl methyl sites for hydroxylation is 2. The molecule has 4 heteroatoms. The highest BCUT2D eigenvalue weighted by molar-refractivity contribution is 9.10. The summed E-state index contributed by atoms with van der Waals surface area (Å²) in [6.07, 6.45) is 4.58. The van der Waals surface area contributed by atoms with Crippen molar-refractivity contribution in [1.82, 2.24) is 9.78 Å². The molecule has 0 spiro atoms. The average Bonchev–Trinajstić information content (AvgIpc) is 2.67. The van der Waals surface area contributed by atoms with Crippen molar-refractivity contribution in [2.75, 3.05) is 5.73 Å². The van der Waals surface area contributed by atoms with Crippen LogP contribution in [0.1, 0.15) is 31.9 Å². The SMILES string of the molecule is CCCCCc1nn(C)c(N)c1-c1ccccc1Br. The Morgan fingerprint density at radius 2 is 2.00 bits per heavy atom. The summed E-state index contributed by atoms with van der Waals surface area (Å²) in [6.45, 7) is 2.21. The van der Waals surface area contributed by atoms with E-state index in [4.69, 9.17) is 5.73 Å². The van der Waals surface area contributed by atoms with Crippen LogP contribution in [0.4, 0.5) is 5.82 Å². The normalized spacial score (nSPS) is 10.9. The molecule has 0 fully saturated rings. The molecule has 0 atom stereocenters. The zero-order valence-electron chi connectivity index (χ0n) is 11.5. The number of unbranched alkanes of at least 4 members (excludes halogenated alkanes) is 2. The Kier molecular flexibility index (Phi) is 4.64. The monoisotopic (exact) mass is 321 g/mol. The molecule has 0 aliphatic carbocycles. The van der Waals surface area contributed by atoms with Gasteiger partial charge in [-0.15, -0.1) is 0 Å². The van der Waals surface area contributed by atoms with E-state index in [1.54, 1.807) is 4.68 Å². The summed E-state index contributed by atoms with van der Waals surface area (Å²) in [7, 11) is 1.90. The van der Waals surface area contributed by atoms with Gasteiger partial charge in [0.1, 0.15) is 5.82 Å². The molecule has 1 aromatic carbocycles. The summed E-state index contributed by atoms with van der Waals surface area (Å²) in [4.78, 5) is 0. The number of benzene rings is 1. The van der Waals surface area contributed by atoms with Crippen molar-refractivity contribution >= 4 is 21.7 Å². The molecule has 0 amide bonds. The fraction of sp³-hybridized carbons (Fsp3) is 0.400. The van der Waals surface area contributed by atoms with E-state index in [2.05, 4.69) is 34.0 Å². The minimum Gasteiger partial charge on any atom is -0.383 e. The summed E-state index contributed by atoms with van der Waals surface area (Å²) in [6, 6.07) is 8.16. The van der Waals surface area contributed by atoms with Crippen LogP contribution in [-0.4, -0.2) is 9.78 Å². The molecular weight excluding hydrogens is 302 g/mol. The van der Waals surface area contributed by atoms with Gasteiger partial charge in [-0.25, -0.2) is 0 Å². The van der Waals surface area contributed by atoms with Crippen molar-refractivity contribution in [3.63, 3.8) is 0 Å². The number of rotatable bonds is 5. The van der Waals surface area contributed by atoms with E-state index in [0.717, 1.165) is 40.0 Å². The third-order valence-electron chi connectivity index (χ3n) is 3.32. The van der Waals surface area contributed by atoms with Gasteiger partial charge in [-0.2, -0.15) is 5.10 Å². The minimum atomic E-state index is 0.735. The van der Waals surface area contributed by atoms with Crippen LogP contribution in [0.15, 0.2) is 28.7 Å². The number of hydrogen-bond donors (Lipinski definition) is 1. The minimum absolute atomic E-state index is 0.735. The van der Waals surface area contributed by atoms with Gasteiger partial charge in [-0.1, -0.05) is 53.9 Å². The third-order valence-corrected chi connectivity index (χ3v) is 4.02. The van der Waals surface area contributed by atoms with Gasteiger partial charge in [0.05, 0.1) is 5.69 Å². The Morgan fingerprint density at radius 3 is 2.68 bits per heavy atom. The van der Waals surface area contributed by atoms with E-state index in [0.29, 0.717) is 0 Å². The zero-order chi connectivity index (χ0) is 13.8. The molecule has 2 rings (SSSR count). The summed E-state index contributed by atoms with van der Waals surface area (Å²) in [5, 5.41) is 4.57. The van der Waals surface area contributed by atoms with E-state index in [-0.39, 0.29) is 0 Å². The first-order chi connectivity index (χ1) is 9.15. The molecule has 0 radical (unpaired) electrons. The molecule has 0 aliphatic heterocycles. The Morgan fingerprint density at radius 1 is 1.26 bits per heavy atom. The largest absolute Gasteiger partial charge is 0.383 e. The Labute approximate surface area is 122 Å². The second kappa shape index (κ2) is 6.24. The van der Waals surface area contributed by atoms with Crippen LogP contribution in [0.3, 0.4) is 0 Å². The first-order valence-electron chi connectivity index (χ1n) is 6.71. The lowest BCUT2D eigenvalue weighted by atomic mass is 10.0. The van der Waals surface area contributed by atoms with E-state index < -0.39 is 0 Å². The Balaban J connectivity index is 2.41. The molecule has 0 bridgehead atoms. The first kappa shape index (κ1) is 14.1. The van der Waals surface area contributed by atoms with Crippen LogP contribution in [0.5, 0.6) is 0 Å². The summed E-state index contributed by atoms with van der Waals surface area (Å²) < 4.78 is 2.84. The summed E-state index contributed by atoms with van der Waals surface area (Å²) in [5.41, 5.74) is 9.49. The smallest absolute Gasteiger partial charge is 0.129 e. The number of anilines is 1. The number of nitrogen functional groups attached to an aromatic ring is 1. The predicted octanol–water partition coefficient (Wildman–Crippen LogP) is 4.16. The average molecular weight is 322 g/mol. The van der Waals surface area contributed by atoms with Crippen LogP contribution in [0, 0.1) is 0 Å². The summed E-state index contributed by atoms with van der Waals surface area (Å²) >= 11 is 3.60. The molecule has 102 valence electrons. The summed E-state index contributed by atoms with van der Waals surface area (Å²) in [5.74, 6) is 0.735. The molecule has 1 aromatic heterocycles. The highest BCUT2D eigenvalue weighted by Crippen LogP contribution is 2.35. The van der Waals surface area contributed by atoms with Crippen LogP contribution >= 0.6 is 15.9 Å².